The van der Waals surface area contributed by atoms with Crippen molar-refractivity contribution in [2.75, 3.05) is 31.5 Å². The van der Waals surface area contributed by atoms with Crippen LogP contribution >= 0.6 is 11.8 Å². The Morgan fingerprint density at radius 3 is 2.10 bits per heavy atom. The summed E-state index contributed by atoms with van der Waals surface area (Å²) >= 11 is 1.56. The van der Waals surface area contributed by atoms with Crippen LogP contribution in [0, 0.1) is 0 Å². The summed E-state index contributed by atoms with van der Waals surface area (Å²) in [5, 5.41) is 2.97. The van der Waals surface area contributed by atoms with Gasteiger partial charge in [0.05, 0.1) is 25.7 Å². The Labute approximate surface area is 177 Å². The van der Waals surface area contributed by atoms with Gasteiger partial charge in [0.15, 0.2) is 11.5 Å². The second-order valence-corrected chi connectivity index (χ2v) is 8.63. The van der Waals surface area contributed by atoms with Crippen molar-refractivity contribution in [1.29, 1.82) is 0 Å². The zero-order chi connectivity index (χ0) is 21.6. The van der Waals surface area contributed by atoms with Crippen molar-refractivity contribution in [3.63, 3.8) is 0 Å². The predicted octanol–water partition coefficient (Wildman–Crippen LogP) is 3.31. The summed E-state index contributed by atoms with van der Waals surface area (Å²) in [6.45, 7) is 12.7. The summed E-state index contributed by atoms with van der Waals surface area (Å²) in [4.78, 5) is 27.6. The van der Waals surface area contributed by atoms with Crippen molar-refractivity contribution < 1.29 is 23.8 Å². The molecule has 0 unspecified atom stereocenters. The molecule has 1 heterocycles. The third-order valence-corrected chi connectivity index (χ3v) is 5.11. The van der Waals surface area contributed by atoms with E-state index in [4.69, 9.17) is 14.2 Å². The fraction of sp³-hybridized carbons (Fsp3) is 0.619. The first kappa shape index (κ1) is 23.2. The lowest BCUT2D eigenvalue weighted by molar-refractivity contribution is -0.125. The van der Waals surface area contributed by atoms with E-state index in [-0.39, 0.29) is 17.4 Å². The lowest BCUT2D eigenvalue weighted by Gasteiger charge is -2.28. The Morgan fingerprint density at radius 1 is 1.07 bits per heavy atom. The van der Waals surface area contributed by atoms with Crippen LogP contribution in [0.25, 0.3) is 0 Å². The molecule has 1 N–H and O–H groups in total. The number of carbonyl (C=O) groups excluding carboxylic acids is 2. The standard InChI is InChI=1S/C21H32N2O5S/c1-7-26-16-10-14(11-17(27-8-2)18(16)28-9-3)20(25)23-13-29-12-15(23)19(24)22-21(4,5)6/h10-11,15H,7-9,12-13H2,1-6H3,(H,22,24)/t15-/m1/s1. The van der Waals surface area contributed by atoms with Gasteiger partial charge < -0.3 is 24.4 Å². The third kappa shape index (κ3) is 5.95. The van der Waals surface area contributed by atoms with E-state index < -0.39 is 6.04 Å². The number of hydrogen-bond acceptors (Lipinski definition) is 6. The highest BCUT2D eigenvalue weighted by Gasteiger charge is 2.37. The zero-order valence-corrected chi connectivity index (χ0v) is 19.0. The molecule has 0 aliphatic carbocycles. The number of carbonyl (C=O) groups is 2. The molecule has 2 amide bonds. The number of nitrogens with one attached hydrogen (secondary N) is 1. The van der Waals surface area contributed by atoms with Gasteiger partial charge in [-0.15, -0.1) is 11.8 Å². The smallest absolute Gasteiger partial charge is 0.255 e. The van der Waals surface area contributed by atoms with E-state index in [1.54, 1.807) is 28.8 Å². The van der Waals surface area contributed by atoms with Gasteiger partial charge in [-0.1, -0.05) is 0 Å². The average molecular weight is 425 g/mol. The van der Waals surface area contributed by atoms with E-state index in [2.05, 4.69) is 5.32 Å². The molecule has 0 saturated carbocycles. The molecule has 1 aromatic rings. The Morgan fingerprint density at radius 2 is 1.62 bits per heavy atom. The molecule has 0 spiro atoms. The number of nitrogens with zero attached hydrogens (tertiary/aromatic N) is 1. The molecule has 1 fully saturated rings. The van der Waals surface area contributed by atoms with Crippen molar-refractivity contribution in [3.05, 3.63) is 17.7 Å². The first-order valence-corrected chi connectivity index (χ1v) is 11.1. The quantitative estimate of drug-likeness (QED) is 0.690. The minimum atomic E-state index is -0.510. The van der Waals surface area contributed by atoms with E-state index in [1.165, 1.54) is 0 Å². The van der Waals surface area contributed by atoms with Crippen LogP contribution in [0.2, 0.25) is 0 Å². The van der Waals surface area contributed by atoms with Gasteiger partial charge in [0.2, 0.25) is 11.7 Å². The molecule has 7 nitrogen and oxygen atoms in total. The van der Waals surface area contributed by atoms with E-state index in [9.17, 15) is 9.59 Å². The SMILES string of the molecule is CCOc1cc(C(=O)N2CSC[C@@H]2C(=O)NC(C)(C)C)cc(OCC)c1OCC. The second kappa shape index (κ2) is 10.1. The maximum atomic E-state index is 13.3. The van der Waals surface area contributed by atoms with E-state index in [0.717, 1.165) is 0 Å². The monoisotopic (exact) mass is 424 g/mol. The molecular formula is C21H32N2O5S. The topological polar surface area (TPSA) is 77.1 Å². The molecule has 1 saturated heterocycles. The molecule has 1 atom stereocenters. The Balaban J connectivity index is 2.36. The number of thioether (sulfide) groups is 1. The number of hydrogen-bond donors (Lipinski definition) is 1. The highest BCUT2D eigenvalue weighted by atomic mass is 32.2. The van der Waals surface area contributed by atoms with Crippen LogP contribution in [0.15, 0.2) is 12.1 Å². The number of rotatable bonds is 8. The third-order valence-electron chi connectivity index (χ3n) is 4.10. The molecular weight excluding hydrogens is 392 g/mol. The lowest BCUT2D eigenvalue weighted by Crippen LogP contribution is -2.52. The van der Waals surface area contributed by atoms with Crippen molar-refractivity contribution >= 4 is 23.6 Å². The van der Waals surface area contributed by atoms with Crippen LogP contribution in [0.1, 0.15) is 51.9 Å². The van der Waals surface area contributed by atoms with Crippen LogP contribution < -0.4 is 19.5 Å². The maximum absolute atomic E-state index is 13.3. The van der Waals surface area contributed by atoms with Crippen LogP contribution in [0.3, 0.4) is 0 Å². The van der Waals surface area contributed by atoms with Gasteiger partial charge in [0.25, 0.3) is 5.91 Å². The van der Waals surface area contributed by atoms with Gasteiger partial charge in [-0.3, -0.25) is 9.59 Å². The molecule has 1 aromatic carbocycles. The molecule has 2 rings (SSSR count). The Bertz CT molecular complexity index is 705. The normalized spacial score (nSPS) is 16.5. The van der Waals surface area contributed by atoms with Gasteiger partial charge in [0, 0.05) is 16.9 Å². The average Bonchev–Trinajstić information content (AvgIpc) is 3.12. The van der Waals surface area contributed by atoms with Gasteiger partial charge in [0.1, 0.15) is 6.04 Å². The van der Waals surface area contributed by atoms with E-state index in [1.807, 2.05) is 41.5 Å². The zero-order valence-electron chi connectivity index (χ0n) is 18.2. The summed E-state index contributed by atoms with van der Waals surface area (Å²) in [6, 6.07) is 2.83. The van der Waals surface area contributed by atoms with E-state index >= 15 is 0 Å². The Hall–Kier alpha value is -2.09. The first-order valence-electron chi connectivity index (χ1n) is 9.98. The highest BCUT2D eigenvalue weighted by Crippen LogP contribution is 2.40. The molecule has 0 radical (unpaired) electrons. The number of ether oxygens (including phenoxy) is 3. The Kier molecular flexibility index (Phi) is 8.07. The fourth-order valence-electron chi connectivity index (χ4n) is 2.99. The minimum Gasteiger partial charge on any atom is -0.490 e. The van der Waals surface area contributed by atoms with E-state index in [0.29, 0.717) is 54.3 Å². The summed E-state index contributed by atoms with van der Waals surface area (Å²) in [6.07, 6.45) is 0. The van der Waals surface area contributed by atoms with Gasteiger partial charge in [-0.2, -0.15) is 0 Å². The van der Waals surface area contributed by atoms with Crippen molar-refractivity contribution in [2.45, 2.75) is 53.1 Å². The largest absolute Gasteiger partial charge is 0.490 e. The highest BCUT2D eigenvalue weighted by molar-refractivity contribution is 7.99. The van der Waals surface area contributed by atoms with Crippen molar-refractivity contribution in [3.8, 4) is 17.2 Å². The minimum absolute atomic E-state index is 0.142. The molecule has 8 heteroatoms. The van der Waals surface area contributed by atoms with Gasteiger partial charge in [-0.25, -0.2) is 0 Å². The second-order valence-electron chi connectivity index (χ2n) is 7.63. The number of benzene rings is 1. The summed E-state index contributed by atoms with van der Waals surface area (Å²) in [5.74, 6) is 2.08. The number of amides is 2. The summed E-state index contributed by atoms with van der Waals surface area (Å²) in [5.41, 5.74) is 0.0547. The first-order chi connectivity index (χ1) is 13.7. The van der Waals surface area contributed by atoms with Crippen LogP contribution in [-0.4, -0.2) is 59.7 Å². The van der Waals surface area contributed by atoms with Gasteiger partial charge >= 0.3 is 0 Å². The molecule has 1 aliphatic rings. The fourth-order valence-corrected chi connectivity index (χ4v) is 4.14. The van der Waals surface area contributed by atoms with Crippen LogP contribution in [0.4, 0.5) is 0 Å². The summed E-state index contributed by atoms with van der Waals surface area (Å²) < 4.78 is 17.1. The van der Waals surface area contributed by atoms with Crippen molar-refractivity contribution in [2.24, 2.45) is 0 Å². The summed E-state index contributed by atoms with van der Waals surface area (Å²) in [7, 11) is 0. The maximum Gasteiger partial charge on any atom is 0.255 e. The van der Waals surface area contributed by atoms with Crippen LogP contribution in [0.5, 0.6) is 17.2 Å². The lowest BCUT2D eigenvalue weighted by atomic mass is 10.1. The molecule has 162 valence electrons. The molecule has 0 aromatic heterocycles. The predicted molar refractivity (Wildman–Crippen MR) is 115 cm³/mol. The molecule has 29 heavy (non-hydrogen) atoms. The van der Waals surface area contributed by atoms with Crippen LogP contribution in [-0.2, 0) is 4.79 Å². The molecule has 0 bridgehead atoms. The van der Waals surface area contributed by atoms with Gasteiger partial charge in [-0.05, 0) is 53.7 Å². The van der Waals surface area contributed by atoms with Crippen molar-refractivity contribution in [1.82, 2.24) is 10.2 Å². The molecule has 1 aliphatic heterocycles.